The molecule has 2 N–H and O–H groups in total. The van der Waals surface area contributed by atoms with E-state index in [0.717, 1.165) is 42.9 Å². The first-order chi connectivity index (χ1) is 11.4. The van der Waals surface area contributed by atoms with Crippen LogP contribution in [-0.4, -0.2) is 52.4 Å². The maximum Gasteiger partial charge on any atom is 0.121 e. The van der Waals surface area contributed by atoms with Crippen LogP contribution in [0.25, 0.3) is 11.0 Å². The quantitative estimate of drug-likeness (QED) is 0.884. The molecule has 1 aromatic heterocycles. The molecule has 1 aliphatic rings. The number of benzene rings is 1. The zero-order valence-electron chi connectivity index (χ0n) is 15.2. The van der Waals surface area contributed by atoms with Crippen molar-refractivity contribution >= 4 is 11.0 Å². The van der Waals surface area contributed by atoms with Gasteiger partial charge in [-0.2, -0.15) is 0 Å². The van der Waals surface area contributed by atoms with Crippen molar-refractivity contribution in [3.05, 3.63) is 29.1 Å². The summed E-state index contributed by atoms with van der Waals surface area (Å²) in [6.07, 6.45) is 1.50. The van der Waals surface area contributed by atoms with Crippen LogP contribution >= 0.6 is 0 Å². The van der Waals surface area contributed by atoms with Crippen LogP contribution in [-0.2, 0) is 11.3 Å². The molecule has 1 saturated heterocycles. The second-order valence-electron chi connectivity index (χ2n) is 7.32. The van der Waals surface area contributed by atoms with Gasteiger partial charge >= 0.3 is 0 Å². The van der Waals surface area contributed by atoms with Crippen LogP contribution in [0.5, 0.6) is 0 Å². The number of aliphatic hydroxyl groups is 1. The summed E-state index contributed by atoms with van der Waals surface area (Å²) in [6.45, 7) is 9.57. The van der Waals surface area contributed by atoms with Gasteiger partial charge in [-0.05, 0) is 49.8 Å². The lowest BCUT2D eigenvalue weighted by Crippen LogP contribution is -2.51. The number of H-pyrrole nitrogens is 1. The Hall–Kier alpha value is -1.43. The van der Waals surface area contributed by atoms with Gasteiger partial charge < -0.3 is 14.8 Å². The highest BCUT2D eigenvalue weighted by atomic mass is 16.5. The van der Waals surface area contributed by atoms with Crippen LogP contribution in [0.15, 0.2) is 12.1 Å². The Labute approximate surface area is 144 Å². The number of aromatic nitrogens is 2. The highest BCUT2D eigenvalue weighted by Crippen LogP contribution is 2.31. The molecular formula is C19H29N3O2. The fourth-order valence-electron chi connectivity index (χ4n) is 3.69. The Morgan fingerprint density at radius 2 is 2.21 bits per heavy atom. The molecule has 132 valence electrons. The lowest BCUT2D eigenvalue weighted by atomic mass is 9.80. The number of hydrogen-bond donors (Lipinski definition) is 2. The van der Waals surface area contributed by atoms with E-state index in [4.69, 9.17) is 9.72 Å². The van der Waals surface area contributed by atoms with Crippen molar-refractivity contribution in [2.75, 3.05) is 26.8 Å². The SMILES string of the molecule is COCC[C@]1(O)CCN(Cc2nc3c(C)c(C)ccc3[nH]2)C[C@H]1C. The molecule has 1 aliphatic heterocycles. The Morgan fingerprint density at radius 1 is 1.42 bits per heavy atom. The molecule has 0 bridgehead atoms. The first kappa shape index (κ1) is 17.4. The molecule has 0 aliphatic carbocycles. The van der Waals surface area contributed by atoms with Crippen molar-refractivity contribution in [1.29, 1.82) is 0 Å². The molecule has 0 radical (unpaired) electrons. The van der Waals surface area contributed by atoms with Crippen LogP contribution in [0.3, 0.4) is 0 Å². The topological polar surface area (TPSA) is 61.4 Å². The molecule has 2 atom stereocenters. The minimum atomic E-state index is -0.603. The monoisotopic (exact) mass is 331 g/mol. The van der Waals surface area contributed by atoms with Gasteiger partial charge in [0, 0.05) is 26.8 Å². The maximum absolute atomic E-state index is 10.8. The van der Waals surface area contributed by atoms with Gasteiger partial charge in [0.25, 0.3) is 0 Å². The fraction of sp³-hybridized carbons (Fsp3) is 0.632. The van der Waals surface area contributed by atoms with E-state index >= 15 is 0 Å². The number of nitrogens with zero attached hydrogens (tertiary/aromatic N) is 2. The van der Waals surface area contributed by atoms with Gasteiger partial charge in [-0.1, -0.05) is 13.0 Å². The predicted molar refractivity (Wildman–Crippen MR) is 96.1 cm³/mol. The summed E-state index contributed by atoms with van der Waals surface area (Å²) >= 11 is 0. The molecule has 0 unspecified atom stereocenters. The fourth-order valence-corrected chi connectivity index (χ4v) is 3.69. The smallest absolute Gasteiger partial charge is 0.121 e. The Kier molecular flexibility index (Phi) is 4.95. The molecule has 2 aromatic rings. The number of nitrogens with one attached hydrogen (secondary N) is 1. The molecule has 5 nitrogen and oxygen atoms in total. The summed E-state index contributed by atoms with van der Waals surface area (Å²) < 4.78 is 5.15. The van der Waals surface area contributed by atoms with Crippen LogP contribution < -0.4 is 0 Å². The van der Waals surface area contributed by atoms with E-state index in [1.807, 2.05) is 0 Å². The number of hydrogen-bond acceptors (Lipinski definition) is 4. The highest BCUT2D eigenvalue weighted by molar-refractivity contribution is 5.79. The summed E-state index contributed by atoms with van der Waals surface area (Å²) in [5, 5.41) is 10.8. The van der Waals surface area contributed by atoms with Crippen LogP contribution in [0.1, 0.15) is 36.7 Å². The average Bonchev–Trinajstić information content (AvgIpc) is 2.96. The van der Waals surface area contributed by atoms with E-state index in [0.29, 0.717) is 13.0 Å². The van der Waals surface area contributed by atoms with Crippen molar-refractivity contribution in [3.63, 3.8) is 0 Å². The molecule has 0 spiro atoms. The number of rotatable bonds is 5. The molecule has 0 amide bonds. The molecule has 1 fully saturated rings. The number of ether oxygens (including phenoxy) is 1. The standard InChI is InChI=1S/C19H29N3O2/c1-13-5-6-16-18(15(13)3)21-17(20-16)12-22-9-7-19(23,8-10-24-4)14(2)11-22/h5-6,14,23H,7-12H2,1-4H3,(H,20,21)/t14-,19-/m1/s1. The summed E-state index contributed by atoms with van der Waals surface area (Å²) in [6, 6.07) is 4.25. The van der Waals surface area contributed by atoms with Gasteiger partial charge in [-0.25, -0.2) is 4.98 Å². The number of piperidine rings is 1. The van der Waals surface area contributed by atoms with Gasteiger partial charge in [0.15, 0.2) is 0 Å². The Bertz CT molecular complexity index is 712. The van der Waals surface area contributed by atoms with Crippen molar-refractivity contribution in [2.24, 2.45) is 5.92 Å². The Morgan fingerprint density at radius 3 is 2.92 bits per heavy atom. The van der Waals surface area contributed by atoms with Crippen molar-refractivity contribution < 1.29 is 9.84 Å². The number of likely N-dealkylation sites (tertiary alicyclic amines) is 1. The summed E-state index contributed by atoms with van der Waals surface area (Å²) in [5.74, 6) is 1.24. The summed E-state index contributed by atoms with van der Waals surface area (Å²) in [5.41, 5.74) is 4.10. The second kappa shape index (κ2) is 6.82. The first-order valence-electron chi connectivity index (χ1n) is 8.81. The van der Waals surface area contributed by atoms with Gasteiger partial charge in [0.2, 0.25) is 0 Å². The molecule has 24 heavy (non-hydrogen) atoms. The van der Waals surface area contributed by atoms with Crippen LogP contribution in [0.4, 0.5) is 0 Å². The zero-order valence-corrected chi connectivity index (χ0v) is 15.2. The molecule has 0 saturated carbocycles. The Balaban J connectivity index is 1.68. The van der Waals surface area contributed by atoms with Crippen LogP contribution in [0, 0.1) is 19.8 Å². The van der Waals surface area contributed by atoms with E-state index in [1.54, 1.807) is 7.11 Å². The number of fused-ring (bicyclic) bond motifs is 1. The van der Waals surface area contributed by atoms with E-state index in [2.05, 4.69) is 42.8 Å². The molecular weight excluding hydrogens is 302 g/mol. The van der Waals surface area contributed by atoms with Crippen molar-refractivity contribution in [1.82, 2.24) is 14.9 Å². The third kappa shape index (κ3) is 3.34. The third-order valence-electron chi connectivity index (χ3n) is 5.65. The molecule has 3 rings (SSSR count). The lowest BCUT2D eigenvalue weighted by molar-refractivity contribution is -0.0830. The van der Waals surface area contributed by atoms with Gasteiger partial charge in [0.1, 0.15) is 5.82 Å². The third-order valence-corrected chi connectivity index (χ3v) is 5.65. The minimum Gasteiger partial charge on any atom is -0.389 e. The average molecular weight is 331 g/mol. The molecule has 1 aromatic carbocycles. The minimum absolute atomic E-state index is 0.231. The van der Waals surface area contributed by atoms with Crippen LogP contribution in [0.2, 0.25) is 0 Å². The summed E-state index contributed by atoms with van der Waals surface area (Å²) in [7, 11) is 1.69. The molecule has 5 heteroatoms. The van der Waals surface area contributed by atoms with Crippen molar-refractivity contribution in [2.45, 2.75) is 45.8 Å². The van der Waals surface area contributed by atoms with E-state index in [1.165, 1.54) is 11.1 Å². The first-order valence-corrected chi connectivity index (χ1v) is 8.81. The van der Waals surface area contributed by atoms with Crippen molar-refractivity contribution in [3.8, 4) is 0 Å². The number of aryl methyl sites for hydroxylation is 2. The molecule has 2 heterocycles. The van der Waals surface area contributed by atoms with E-state index in [9.17, 15) is 5.11 Å². The van der Waals surface area contributed by atoms with Gasteiger partial charge in [-0.15, -0.1) is 0 Å². The number of aromatic amines is 1. The van der Waals surface area contributed by atoms with E-state index in [-0.39, 0.29) is 5.92 Å². The maximum atomic E-state index is 10.8. The lowest BCUT2D eigenvalue weighted by Gasteiger charge is -2.43. The predicted octanol–water partition coefficient (Wildman–Crippen LogP) is 2.79. The highest BCUT2D eigenvalue weighted by Gasteiger charge is 2.38. The van der Waals surface area contributed by atoms with Gasteiger partial charge in [0.05, 0.1) is 23.2 Å². The number of imidazole rings is 1. The van der Waals surface area contributed by atoms with Gasteiger partial charge in [-0.3, -0.25) is 4.90 Å². The van der Waals surface area contributed by atoms with E-state index < -0.39 is 5.60 Å². The number of methoxy groups -OCH3 is 1. The normalized spacial score (nSPS) is 25.5. The second-order valence-corrected chi connectivity index (χ2v) is 7.32. The largest absolute Gasteiger partial charge is 0.389 e. The zero-order chi connectivity index (χ0) is 17.3. The summed E-state index contributed by atoms with van der Waals surface area (Å²) in [4.78, 5) is 10.6.